The van der Waals surface area contributed by atoms with Gasteiger partial charge in [-0.15, -0.1) is 6.58 Å². The van der Waals surface area contributed by atoms with Crippen LogP contribution in [0.2, 0.25) is 5.02 Å². The number of hydrogen-bond donors (Lipinski definition) is 0. The van der Waals surface area contributed by atoms with E-state index < -0.39 is 9.84 Å². The first-order valence-corrected chi connectivity index (χ1v) is 10.4. The number of sulfone groups is 1. The molecule has 2 heterocycles. The summed E-state index contributed by atoms with van der Waals surface area (Å²) in [6, 6.07) is 7.39. The van der Waals surface area contributed by atoms with Gasteiger partial charge in [0.2, 0.25) is 5.89 Å². The third-order valence-electron chi connectivity index (χ3n) is 4.44. The molecule has 2 aromatic rings. The zero-order valence-electron chi connectivity index (χ0n) is 14.1. The van der Waals surface area contributed by atoms with Gasteiger partial charge < -0.3 is 4.42 Å². The van der Waals surface area contributed by atoms with Crippen LogP contribution in [0.1, 0.15) is 17.9 Å². The van der Waals surface area contributed by atoms with Gasteiger partial charge in [-0.1, -0.05) is 29.8 Å². The van der Waals surface area contributed by atoms with Crippen LogP contribution in [0.4, 0.5) is 0 Å². The minimum Gasteiger partial charge on any atom is -0.441 e. The number of benzene rings is 1. The van der Waals surface area contributed by atoms with E-state index in [0.29, 0.717) is 36.2 Å². The molecule has 0 aliphatic carbocycles. The van der Waals surface area contributed by atoms with Gasteiger partial charge in [0.1, 0.15) is 5.76 Å². The summed E-state index contributed by atoms with van der Waals surface area (Å²) in [5, 5.41) is 0.583. The van der Waals surface area contributed by atoms with Gasteiger partial charge in [-0.2, -0.15) is 0 Å². The molecule has 1 aliphatic rings. The van der Waals surface area contributed by atoms with Crippen molar-refractivity contribution in [3.05, 3.63) is 53.4 Å². The number of halogens is 1. The van der Waals surface area contributed by atoms with Crippen molar-refractivity contribution in [3.63, 3.8) is 0 Å². The maximum Gasteiger partial charge on any atom is 0.228 e. The Morgan fingerprint density at radius 2 is 2.20 bits per heavy atom. The molecule has 3 rings (SSSR count). The van der Waals surface area contributed by atoms with E-state index in [-0.39, 0.29) is 17.5 Å². The molecule has 1 saturated heterocycles. The Kier molecular flexibility index (Phi) is 5.32. The molecule has 0 amide bonds. The summed E-state index contributed by atoms with van der Waals surface area (Å²) >= 11 is 6.22. The maximum atomic E-state index is 11.8. The van der Waals surface area contributed by atoms with E-state index in [9.17, 15) is 8.42 Å². The monoisotopic (exact) mass is 380 g/mol. The lowest BCUT2D eigenvalue weighted by atomic mass is 10.2. The number of aromatic nitrogens is 1. The van der Waals surface area contributed by atoms with Crippen LogP contribution in [0.3, 0.4) is 0 Å². The number of aryl methyl sites for hydroxylation is 1. The average Bonchev–Trinajstić information content (AvgIpc) is 3.10. The van der Waals surface area contributed by atoms with Crippen LogP contribution < -0.4 is 0 Å². The lowest BCUT2D eigenvalue weighted by molar-refractivity contribution is 0.223. The zero-order chi connectivity index (χ0) is 18.0. The fourth-order valence-electron chi connectivity index (χ4n) is 3.09. The SMILES string of the molecule is C=CCN(Cc1nc(-c2ccccc2Cl)oc1C)C1CCS(=O)(=O)C1. The van der Waals surface area contributed by atoms with Gasteiger partial charge in [-0.3, -0.25) is 4.90 Å². The van der Waals surface area contributed by atoms with Crippen molar-refractivity contribution in [2.24, 2.45) is 0 Å². The van der Waals surface area contributed by atoms with Crippen molar-refractivity contribution in [3.8, 4) is 11.5 Å². The van der Waals surface area contributed by atoms with Crippen molar-refractivity contribution in [2.75, 3.05) is 18.1 Å². The molecule has 1 atom stereocenters. The largest absolute Gasteiger partial charge is 0.441 e. The van der Waals surface area contributed by atoms with E-state index in [1.807, 2.05) is 25.1 Å². The summed E-state index contributed by atoms with van der Waals surface area (Å²) in [6.45, 7) is 6.77. The highest BCUT2D eigenvalue weighted by molar-refractivity contribution is 7.91. The summed E-state index contributed by atoms with van der Waals surface area (Å²) in [4.78, 5) is 6.69. The van der Waals surface area contributed by atoms with Crippen LogP contribution in [0, 0.1) is 6.92 Å². The molecule has 134 valence electrons. The molecule has 1 unspecified atom stereocenters. The van der Waals surface area contributed by atoms with Gasteiger partial charge >= 0.3 is 0 Å². The molecule has 0 N–H and O–H groups in total. The first kappa shape index (κ1) is 18.2. The minimum absolute atomic E-state index is 0.0112. The first-order valence-electron chi connectivity index (χ1n) is 8.16. The Morgan fingerprint density at radius 1 is 1.44 bits per heavy atom. The number of hydrogen-bond acceptors (Lipinski definition) is 5. The maximum absolute atomic E-state index is 11.8. The fourth-order valence-corrected chi connectivity index (χ4v) is 5.07. The summed E-state index contributed by atoms with van der Waals surface area (Å²) < 4.78 is 29.4. The second-order valence-corrected chi connectivity index (χ2v) is 8.91. The quantitative estimate of drug-likeness (QED) is 0.718. The Balaban J connectivity index is 1.83. The molecular formula is C18H21ClN2O3S. The van der Waals surface area contributed by atoms with Crippen LogP contribution in [0.25, 0.3) is 11.5 Å². The highest BCUT2D eigenvalue weighted by atomic mass is 35.5. The van der Waals surface area contributed by atoms with Gasteiger partial charge in [-0.05, 0) is 25.5 Å². The van der Waals surface area contributed by atoms with Crippen LogP contribution >= 0.6 is 11.6 Å². The Morgan fingerprint density at radius 3 is 2.84 bits per heavy atom. The van der Waals surface area contributed by atoms with E-state index in [4.69, 9.17) is 16.0 Å². The molecule has 0 spiro atoms. The van der Waals surface area contributed by atoms with E-state index in [1.165, 1.54) is 0 Å². The molecule has 1 fully saturated rings. The summed E-state index contributed by atoms with van der Waals surface area (Å²) in [5.41, 5.74) is 1.54. The second-order valence-electron chi connectivity index (χ2n) is 6.28. The molecule has 0 saturated carbocycles. The van der Waals surface area contributed by atoms with Gasteiger partial charge in [0, 0.05) is 19.1 Å². The Hall–Kier alpha value is -1.63. The lowest BCUT2D eigenvalue weighted by Crippen LogP contribution is -2.36. The van der Waals surface area contributed by atoms with Crippen LogP contribution in [-0.4, -0.2) is 42.4 Å². The second kappa shape index (κ2) is 7.32. The van der Waals surface area contributed by atoms with Crippen LogP contribution in [0.15, 0.2) is 41.3 Å². The first-order chi connectivity index (χ1) is 11.9. The van der Waals surface area contributed by atoms with Gasteiger partial charge in [0.25, 0.3) is 0 Å². The lowest BCUT2D eigenvalue weighted by Gasteiger charge is -2.25. The number of rotatable bonds is 6. The Bertz CT molecular complexity index is 876. The highest BCUT2D eigenvalue weighted by Crippen LogP contribution is 2.29. The topological polar surface area (TPSA) is 63.4 Å². The fraction of sp³-hybridized carbons (Fsp3) is 0.389. The molecular weight excluding hydrogens is 360 g/mol. The molecule has 1 aromatic heterocycles. The van der Waals surface area contributed by atoms with Crippen LogP contribution in [-0.2, 0) is 16.4 Å². The summed E-state index contributed by atoms with van der Waals surface area (Å²) in [5.74, 6) is 1.63. The predicted octanol–water partition coefficient (Wildman–Crippen LogP) is 3.48. The predicted molar refractivity (Wildman–Crippen MR) is 99.4 cm³/mol. The summed E-state index contributed by atoms with van der Waals surface area (Å²) in [7, 11) is -2.94. The third kappa shape index (κ3) is 4.14. The van der Waals surface area contributed by atoms with Gasteiger partial charge in [-0.25, -0.2) is 13.4 Å². The van der Waals surface area contributed by atoms with Crippen molar-refractivity contribution in [1.82, 2.24) is 9.88 Å². The van der Waals surface area contributed by atoms with E-state index in [0.717, 1.165) is 11.3 Å². The van der Waals surface area contributed by atoms with Gasteiger partial charge in [0.05, 0.1) is 27.8 Å². The smallest absolute Gasteiger partial charge is 0.228 e. The van der Waals surface area contributed by atoms with Gasteiger partial charge in [0.15, 0.2) is 9.84 Å². The number of nitrogens with zero attached hydrogens (tertiary/aromatic N) is 2. The molecule has 0 radical (unpaired) electrons. The van der Waals surface area contributed by atoms with E-state index in [2.05, 4.69) is 16.5 Å². The zero-order valence-corrected chi connectivity index (χ0v) is 15.7. The van der Waals surface area contributed by atoms with E-state index >= 15 is 0 Å². The third-order valence-corrected chi connectivity index (χ3v) is 6.52. The minimum atomic E-state index is -2.94. The normalized spacial score (nSPS) is 19.4. The Labute approximate surface area is 153 Å². The standard InChI is InChI=1S/C18H21ClN2O3S/c1-3-9-21(14-8-10-25(22,23)12-14)11-17-13(2)24-18(20-17)15-6-4-5-7-16(15)19/h3-7,14H,1,8-12H2,2H3. The molecule has 5 nitrogen and oxygen atoms in total. The van der Waals surface area contributed by atoms with Crippen molar-refractivity contribution in [1.29, 1.82) is 0 Å². The number of oxazole rings is 1. The molecule has 7 heteroatoms. The van der Waals surface area contributed by atoms with E-state index in [1.54, 1.807) is 12.1 Å². The molecule has 25 heavy (non-hydrogen) atoms. The van der Waals surface area contributed by atoms with Crippen molar-refractivity contribution in [2.45, 2.75) is 25.9 Å². The van der Waals surface area contributed by atoms with Crippen molar-refractivity contribution < 1.29 is 12.8 Å². The highest BCUT2D eigenvalue weighted by Gasteiger charge is 2.32. The molecule has 1 aromatic carbocycles. The summed E-state index contributed by atoms with van der Waals surface area (Å²) in [6.07, 6.45) is 2.43. The average molecular weight is 381 g/mol. The molecule has 0 bridgehead atoms. The van der Waals surface area contributed by atoms with Crippen LogP contribution in [0.5, 0.6) is 0 Å². The molecule has 1 aliphatic heterocycles. The van der Waals surface area contributed by atoms with Crippen molar-refractivity contribution >= 4 is 21.4 Å².